The molecule has 0 spiro atoms. The molecule has 0 saturated carbocycles. The van der Waals surface area contributed by atoms with Crippen LogP contribution in [-0.2, 0) is 0 Å². The molecule has 0 aliphatic rings. The van der Waals surface area contributed by atoms with Crippen molar-refractivity contribution in [3.05, 3.63) is 89.4 Å². The van der Waals surface area contributed by atoms with Crippen LogP contribution < -0.4 is 0 Å². The SMILES string of the molecule is Brc1cccc2ccc3c(c4ccccc4n3-c3ccccc3)c12. The summed E-state index contributed by atoms with van der Waals surface area (Å²) < 4.78 is 3.49. The van der Waals surface area contributed by atoms with E-state index in [0.29, 0.717) is 0 Å². The Kier molecular flexibility index (Phi) is 3.00. The summed E-state index contributed by atoms with van der Waals surface area (Å²) in [5, 5.41) is 5.13. The summed E-state index contributed by atoms with van der Waals surface area (Å²) in [6.07, 6.45) is 0. The van der Waals surface area contributed by atoms with Crippen LogP contribution >= 0.6 is 15.9 Å². The molecule has 0 atom stereocenters. The first kappa shape index (κ1) is 13.8. The molecule has 0 bridgehead atoms. The molecule has 1 heterocycles. The lowest BCUT2D eigenvalue weighted by atomic mass is 10.0. The third kappa shape index (κ3) is 1.87. The number of fused-ring (bicyclic) bond motifs is 5. The van der Waals surface area contributed by atoms with Crippen molar-refractivity contribution < 1.29 is 0 Å². The molecule has 1 nitrogen and oxygen atoms in total. The molecule has 4 aromatic carbocycles. The number of aromatic nitrogens is 1. The Bertz CT molecular complexity index is 1200. The largest absolute Gasteiger partial charge is 0.309 e. The maximum atomic E-state index is 3.76. The van der Waals surface area contributed by atoms with Gasteiger partial charge in [-0.05, 0) is 35.7 Å². The fraction of sp³-hybridized carbons (Fsp3) is 0. The highest BCUT2D eigenvalue weighted by atomic mass is 79.9. The van der Waals surface area contributed by atoms with Crippen molar-refractivity contribution in [1.29, 1.82) is 0 Å². The maximum Gasteiger partial charge on any atom is 0.0547 e. The molecule has 2 heteroatoms. The maximum absolute atomic E-state index is 3.76. The second-order valence-corrected chi connectivity index (χ2v) is 6.84. The highest BCUT2D eigenvalue weighted by Crippen LogP contribution is 2.39. The lowest BCUT2D eigenvalue weighted by molar-refractivity contribution is 1.18. The van der Waals surface area contributed by atoms with Crippen LogP contribution in [0.15, 0.2) is 89.4 Å². The molecule has 0 saturated heterocycles. The molecule has 1 aromatic heterocycles. The van der Waals surface area contributed by atoms with Crippen LogP contribution in [-0.4, -0.2) is 4.57 Å². The van der Waals surface area contributed by atoms with Gasteiger partial charge in [0.1, 0.15) is 0 Å². The number of para-hydroxylation sites is 2. The molecule has 0 aliphatic heterocycles. The first-order chi connectivity index (χ1) is 11.8. The van der Waals surface area contributed by atoms with Gasteiger partial charge in [-0.1, -0.05) is 70.5 Å². The standard InChI is InChI=1S/C22H14BrN/c23-18-11-6-7-15-13-14-20-22(21(15)18)17-10-4-5-12-19(17)24(20)16-8-2-1-3-9-16/h1-14H. The summed E-state index contributed by atoms with van der Waals surface area (Å²) in [5.74, 6) is 0. The van der Waals surface area contributed by atoms with Gasteiger partial charge in [-0.3, -0.25) is 0 Å². The van der Waals surface area contributed by atoms with Gasteiger partial charge in [-0.15, -0.1) is 0 Å². The Labute approximate surface area is 148 Å². The van der Waals surface area contributed by atoms with E-state index < -0.39 is 0 Å². The number of rotatable bonds is 1. The van der Waals surface area contributed by atoms with Crippen molar-refractivity contribution in [2.45, 2.75) is 0 Å². The van der Waals surface area contributed by atoms with Crippen LogP contribution in [0.5, 0.6) is 0 Å². The Hall–Kier alpha value is -2.58. The minimum Gasteiger partial charge on any atom is -0.309 e. The van der Waals surface area contributed by atoms with E-state index in [9.17, 15) is 0 Å². The highest BCUT2D eigenvalue weighted by Gasteiger charge is 2.15. The molecule has 0 fully saturated rings. The summed E-state index contributed by atoms with van der Waals surface area (Å²) >= 11 is 3.76. The fourth-order valence-electron chi connectivity index (χ4n) is 3.65. The summed E-state index contributed by atoms with van der Waals surface area (Å²) in [7, 11) is 0. The summed E-state index contributed by atoms with van der Waals surface area (Å²) in [6.45, 7) is 0. The molecule has 0 unspecified atom stereocenters. The average Bonchev–Trinajstić information content (AvgIpc) is 2.97. The second kappa shape index (κ2) is 5.22. The van der Waals surface area contributed by atoms with Crippen LogP contribution in [0.4, 0.5) is 0 Å². The van der Waals surface area contributed by atoms with E-state index in [1.54, 1.807) is 0 Å². The van der Waals surface area contributed by atoms with Crippen molar-refractivity contribution in [2.24, 2.45) is 0 Å². The van der Waals surface area contributed by atoms with Gasteiger partial charge in [0.15, 0.2) is 0 Å². The molecular formula is C22H14BrN. The average molecular weight is 372 g/mol. The molecular weight excluding hydrogens is 358 g/mol. The molecule has 0 amide bonds. The predicted octanol–water partition coefficient (Wildman–Crippen LogP) is 6.70. The number of hydrogen-bond donors (Lipinski definition) is 0. The zero-order valence-corrected chi connectivity index (χ0v) is 14.5. The van der Waals surface area contributed by atoms with Crippen molar-refractivity contribution in [2.75, 3.05) is 0 Å². The lowest BCUT2D eigenvalue weighted by Gasteiger charge is -2.08. The van der Waals surface area contributed by atoms with Gasteiger partial charge < -0.3 is 4.57 Å². The number of nitrogens with zero attached hydrogens (tertiary/aromatic N) is 1. The number of benzene rings is 4. The number of halogens is 1. The van der Waals surface area contributed by atoms with Crippen molar-refractivity contribution in [1.82, 2.24) is 4.57 Å². The van der Waals surface area contributed by atoms with E-state index >= 15 is 0 Å². The minimum absolute atomic E-state index is 1.14. The van der Waals surface area contributed by atoms with Gasteiger partial charge in [0.25, 0.3) is 0 Å². The Morgan fingerprint density at radius 3 is 2.25 bits per heavy atom. The molecule has 0 aliphatic carbocycles. The minimum atomic E-state index is 1.14. The van der Waals surface area contributed by atoms with Crippen LogP contribution in [0.2, 0.25) is 0 Å². The fourth-order valence-corrected chi connectivity index (χ4v) is 4.23. The third-order valence-electron chi connectivity index (χ3n) is 4.64. The van der Waals surface area contributed by atoms with Gasteiger partial charge in [-0.25, -0.2) is 0 Å². The van der Waals surface area contributed by atoms with Crippen LogP contribution in [0.25, 0.3) is 38.3 Å². The molecule has 5 aromatic rings. The summed E-state index contributed by atoms with van der Waals surface area (Å²) in [5.41, 5.74) is 3.67. The van der Waals surface area contributed by atoms with Gasteiger partial charge >= 0.3 is 0 Å². The van der Waals surface area contributed by atoms with Gasteiger partial charge in [0.2, 0.25) is 0 Å². The Morgan fingerprint density at radius 1 is 0.583 bits per heavy atom. The predicted molar refractivity (Wildman–Crippen MR) is 106 cm³/mol. The number of hydrogen-bond acceptors (Lipinski definition) is 0. The van der Waals surface area contributed by atoms with E-state index in [4.69, 9.17) is 0 Å². The third-order valence-corrected chi connectivity index (χ3v) is 5.30. The molecule has 24 heavy (non-hydrogen) atoms. The van der Waals surface area contributed by atoms with Gasteiger partial charge in [-0.2, -0.15) is 0 Å². The van der Waals surface area contributed by atoms with Crippen molar-refractivity contribution >= 4 is 48.5 Å². The Morgan fingerprint density at radius 2 is 1.38 bits per heavy atom. The highest BCUT2D eigenvalue weighted by molar-refractivity contribution is 9.10. The van der Waals surface area contributed by atoms with E-state index in [1.165, 1.54) is 38.3 Å². The smallest absolute Gasteiger partial charge is 0.0547 e. The molecule has 0 N–H and O–H groups in total. The van der Waals surface area contributed by atoms with E-state index in [2.05, 4.69) is 105 Å². The summed E-state index contributed by atoms with van der Waals surface area (Å²) in [4.78, 5) is 0. The van der Waals surface area contributed by atoms with Crippen molar-refractivity contribution in [3.63, 3.8) is 0 Å². The first-order valence-corrected chi connectivity index (χ1v) is 8.80. The van der Waals surface area contributed by atoms with E-state index in [1.807, 2.05) is 0 Å². The molecule has 114 valence electrons. The molecule has 0 radical (unpaired) electrons. The normalized spacial score (nSPS) is 11.5. The van der Waals surface area contributed by atoms with Crippen LogP contribution in [0.1, 0.15) is 0 Å². The van der Waals surface area contributed by atoms with Crippen LogP contribution in [0.3, 0.4) is 0 Å². The lowest BCUT2D eigenvalue weighted by Crippen LogP contribution is -1.92. The van der Waals surface area contributed by atoms with Crippen molar-refractivity contribution in [3.8, 4) is 5.69 Å². The second-order valence-electron chi connectivity index (χ2n) is 5.99. The van der Waals surface area contributed by atoms with E-state index in [0.717, 1.165) is 4.47 Å². The zero-order valence-electron chi connectivity index (χ0n) is 12.9. The van der Waals surface area contributed by atoms with Gasteiger partial charge in [0, 0.05) is 26.3 Å². The Balaban J connectivity index is 2.09. The topological polar surface area (TPSA) is 4.93 Å². The zero-order chi connectivity index (χ0) is 16.1. The monoisotopic (exact) mass is 371 g/mol. The molecule has 5 rings (SSSR count). The quantitative estimate of drug-likeness (QED) is 0.309. The first-order valence-electron chi connectivity index (χ1n) is 8.00. The van der Waals surface area contributed by atoms with E-state index in [-0.39, 0.29) is 0 Å². The van der Waals surface area contributed by atoms with Crippen LogP contribution in [0, 0.1) is 0 Å². The van der Waals surface area contributed by atoms with Gasteiger partial charge in [0.05, 0.1) is 11.0 Å². The summed E-state index contributed by atoms with van der Waals surface area (Å²) in [6, 6.07) is 30.0.